The van der Waals surface area contributed by atoms with Gasteiger partial charge in [0.25, 0.3) is 0 Å². The summed E-state index contributed by atoms with van der Waals surface area (Å²) < 4.78 is 79.3. The van der Waals surface area contributed by atoms with Gasteiger partial charge in [0.05, 0.1) is 23.6 Å². The highest BCUT2D eigenvalue weighted by Crippen LogP contribution is 2.38. The SMILES string of the molecule is NC(=O)[C@@H](Cn1cnc(-c2cc(C(F)(F)F)cc(C(F)(F)F)c2)n1)c1cncnc1. The minimum absolute atomic E-state index is 0.0129. The van der Waals surface area contributed by atoms with Crippen molar-refractivity contribution in [2.75, 3.05) is 0 Å². The summed E-state index contributed by atoms with van der Waals surface area (Å²) in [5, 5.41) is 3.90. The molecule has 2 aromatic heterocycles. The lowest BCUT2D eigenvalue weighted by molar-refractivity contribution is -0.143. The summed E-state index contributed by atoms with van der Waals surface area (Å²) in [5.74, 6) is -2.06. The van der Waals surface area contributed by atoms with Gasteiger partial charge in [0.15, 0.2) is 5.82 Å². The van der Waals surface area contributed by atoms with Crippen molar-refractivity contribution in [1.82, 2.24) is 24.7 Å². The lowest BCUT2D eigenvalue weighted by atomic mass is 10.0. The molecular weight excluding hydrogens is 418 g/mol. The number of carbonyl (C=O) groups excluding carboxylic acids is 1. The average Bonchev–Trinajstić information content (AvgIpc) is 3.13. The van der Waals surface area contributed by atoms with Crippen LogP contribution in [0.5, 0.6) is 0 Å². The molecule has 13 heteroatoms. The lowest BCUT2D eigenvalue weighted by Crippen LogP contribution is -2.26. The largest absolute Gasteiger partial charge is 0.416 e. The molecule has 1 aromatic carbocycles. The van der Waals surface area contributed by atoms with Crippen molar-refractivity contribution in [3.05, 3.63) is 59.9 Å². The molecule has 0 aliphatic rings. The highest BCUT2D eigenvalue weighted by atomic mass is 19.4. The van der Waals surface area contributed by atoms with E-state index in [2.05, 4.69) is 20.1 Å². The van der Waals surface area contributed by atoms with E-state index in [9.17, 15) is 31.1 Å². The Balaban J connectivity index is 1.96. The van der Waals surface area contributed by atoms with Crippen LogP contribution in [0.1, 0.15) is 22.6 Å². The van der Waals surface area contributed by atoms with Crippen molar-refractivity contribution in [2.45, 2.75) is 24.8 Å². The number of primary amides is 1. The first-order valence-electron chi connectivity index (χ1n) is 8.18. The van der Waals surface area contributed by atoms with Gasteiger partial charge in [-0.1, -0.05) is 0 Å². The molecule has 3 aromatic rings. The fraction of sp³-hybridized carbons (Fsp3) is 0.235. The molecule has 0 bridgehead atoms. The summed E-state index contributed by atoms with van der Waals surface area (Å²) in [4.78, 5) is 23.1. The summed E-state index contributed by atoms with van der Waals surface area (Å²) in [5.41, 5.74) is 2.28. The first-order chi connectivity index (χ1) is 13.9. The number of amides is 1. The van der Waals surface area contributed by atoms with E-state index in [0.29, 0.717) is 17.7 Å². The Kier molecular flexibility index (Phi) is 5.46. The second-order valence-electron chi connectivity index (χ2n) is 6.21. The Morgan fingerprint density at radius 1 is 1.00 bits per heavy atom. The van der Waals surface area contributed by atoms with Crippen molar-refractivity contribution in [2.24, 2.45) is 5.73 Å². The van der Waals surface area contributed by atoms with Crippen LogP contribution in [0, 0.1) is 0 Å². The van der Waals surface area contributed by atoms with Crippen molar-refractivity contribution < 1.29 is 31.1 Å². The molecule has 30 heavy (non-hydrogen) atoms. The first-order valence-corrected chi connectivity index (χ1v) is 8.18. The van der Waals surface area contributed by atoms with Crippen molar-refractivity contribution in [3.63, 3.8) is 0 Å². The number of alkyl halides is 6. The molecule has 0 unspecified atom stereocenters. The molecule has 1 atom stereocenters. The van der Waals surface area contributed by atoms with Crippen molar-refractivity contribution >= 4 is 5.91 Å². The Morgan fingerprint density at radius 3 is 2.07 bits per heavy atom. The number of carbonyl (C=O) groups is 1. The van der Waals surface area contributed by atoms with E-state index >= 15 is 0 Å². The van der Waals surface area contributed by atoms with Gasteiger partial charge in [-0.3, -0.25) is 9.48 Å². The van der Waals surface area contributed by atoms with Gasteiger partial charge < -0.3 is 5.73 Å². The molecule has 2 N–H and O–H groups in total. The number of hydrogen-bond acceptors (Lipinski definition) is 5. The van der Waals surface area contributed by atoms with E-state index in [4.69, 9.17) is 5.73 Å². The Labute approximate surface area is 164 Å². The molecule has 1 amide bonds. The van der Waals surface area contributed by atoms with Gasteiger partial charge >= 0.3 is 12.4 Å². The smallest absolute Gasteiger partial charge is 0.369 e. The Morgan fingerprint density at radius 2 is 1.57 bits per heavy atom. The zero-order valence-corrected chi connectivity index (χ0v) is 14.8. The summed E-state index contributed by atoms with van der Waals surface area (Å²) in [6.45, 7) is -0.166. The number of nitrogens with zero attached hydrogens (tertiary/aromatic N) is 5. The Bertz CT molecular complexity index is 1010. The Hall–Kier alpha value is -3.51. The van der Waals surface area contributed by atoms with E-state index in [-0.39, 0.29) is 18.4 Å². The van der Waals surface area contributed by atoms with Crippen molar-refractivity contribution in [3.8, 4) is 11.4 Å². The number of nitrogens with two attached hydrogens (primary N) is 1. The summed E-state index contributed by atoms with van der Waals surface area (Å²) in [6.07, 6.45) is -4.99. The predicted molar refractivity (Wildman–Crippen MR) is 89.4 cm³/mol. The number of hydrogen-bond donors (Lipinski definition) is 1. The molecule has 0 aliphatic heterocycles. The summed E-state index contributed by atoms with van der Waals surface area (Å²) in [6, 6.07) is 1.05. The van der Waals surface area contributed by atoms with Gasteiger partial charge in [0, 0.05) is 23.5 Å². The van der Waals surface area contributed by atoms with E-state index in [1.54, 1.807) is 0 Å². The van der Waals surface area contributed by atoms with Gasteiger partial charge in [-0.15, -0.1) is 0 Å². The van der Waals surface area contributed by atoms with Crippen LogP contribution in [0.3, 0.4) is 0 Å². The molecule has 7 nitrogen and oxygen atoms in total. The van der Waals surface area contributed by atoms with Crippen LogP contribution >= 0.6 is 0 Å². The zero-order valence-electron chi connectivity index (χ0n) is 14.8. The number of rotatable bonds is 5. The number of aromatic nitrogens is 5. The molecule has 2 heterocycles. The van der Waals surface area contributed by atoms with Gasteiger partial charge in [-0.05, 0) is 18.2 Å². The molecule has 0 saturated heterocycles. The van der Waals surface area contributed by atoms with Crippen LogP contribution in [0.25, 0.3) is 11.4 Å². The fourth-order valence-electron chi connectivity index (χ4n) is 2.64. The normalized spacial score (nSPS) is 13.3. The third kappa shape index (κ3) is 4.72. The maximum atomic E-state index is 13.0. The zero-order chi connectivity index (χ0) is 22.1. The molecule has 158 valence electrons. The second kappa shape index (κ2) is 7.72. The third-order valence-corrected chi connectivity index (χ3v) is 4.08. The quantitative estimate of drug-likeness (QED) is 0.628. The fourth-order valence-corrected chi connectivity index (χ4v) is 2.64. The highest BCUT2D eigenvalue weighted by molar-refractivity contribution is 5.81. The molecule has 0 radical (unpaired) electrons. The summed E-state index contributed by atoms with van der Waals surface area (Å²) >= 11 is 0. The third-order valence-electron chi connectivity index (χ3n) is 4.08. The van der Waals surface area contributed by atoms with Gasteiger partial charge in [0.2, 0.25) is 5.91 Å². The van der Waals surface area contributed by atoms with Crippen molar-refractivity contribution in [1.29, 1.82) is 0 Å². The van der Waals surface area contributed by atoms with Crippen LogP contribution in [0.2, 0.25) is 0 Å². The van der Waals surface area contributed by atoms with Gasteiger partial charge in [0.1, 0.15) is 12.7 Å². The predicted octanol–water partition coefficient (Wildman–Crippen LogP) is 3.04. The molecule has 0 spiro atoms. The first kappa shape index (κ1) is 21.2. The van der Waals surface area contributed by atoms with Crippen LogP contribution in [0.15, 0.2) is 43.2 Å². The molecule has 0 fully saturated rings. The molecule has 3 rings (SSSR count). The molecular formula is C17H12F6N6O. The monoisotopic (exact) mass is 430 g/mol. The average molecular weight is 430 g/mol. The van der Waals surface area contributed by atoms with Crippen LogP contribution in [0.4, 0.5) is 26.3 Å². The highest BCUT2D eigenvalue weighted by Gasteiger charge is 2.37. The minimum atomic E-state index is -5.00. The number of halogens is 6. The molecule has 0 aliphatic carbocycles. The lowest BCUT2D eigenvalue weighted by Gasteiger charge is -2.13. The van der Waals surface area contributed by atoms with E-state index in [0.717, 1.165) is 11.0 Å². The van der Waals surface area contributed by atoms with E-state index in [1.165, 1.54) is 18.7 Å². The number of benzene rings is 1. The standard InChI is InChI=1S/C17H12F6N6O/c18-16(19,20)11-1-9(2-12(3-11)17(21,22)23)15-27-8-29(28-15)6-13(14(24)30)10-4-25-7-26-5-10/h1-5,7-8,13H,6H2,(H2,24,30)/t13-/m0/s1. The van der Waals surface area contributed by atoms with Crippen LogP contribution in [-0.2, 0) is 23.7 Å². The maximum Gasteiger partial charge on any atom is 0.416 e. The van der Waals surface area contributed by atoms with Crippen LogP contribution in [-0.4, -0.2) is 30.6 Å². The molecule has 0 saturated carbocycles. The van der Waals surface area contributed by atoms with Gasteiger partial charge in [-0.2, -0.15) is 31.4 Å². The topological polar surface area (TPSA) is 99.6 Å². The second-order valence-corrected chi connectivity index (χ2v) is 6.21. The van der Waals surface area contributed by atoms with E-state index < -0.39 is 40.9 Å². The minimum Gasteiger partial charge on any atom is -0.369 e. The summed E-state index contributed by atoms with van der Waals surface area (Å²) in [7, 11) is 0. The van der Waals surface area contributed by atoms with E-state index in [1.807, 2.05) is 0 Å². The maximum absolute atomic E-state index is 13.0. The van der Waals surface area contributed by atoms with Gasteiger partial charge in [-0.25, -0.2) is 15.0 Å². The van der Waals surface area contributed by atoms with Crippen LogP contribution < -0.4 is 5.73 Å².